The molecule has 0 atom stereocenters. The Morgan fingerprint density at radius 2 is 1.96 bits per heavy atom. The summed E-state index contributed by atoms with van der Waals surface area (Å²) < 4.78 is 11.4. The Bertz CT molecular complexity index is 1060. The second kappa shape index (κ2) is 7.45. The molecule has 2 heterocycles. The summed E-state index contributed by atoms with van der Waals surface area (Å²) in [7, 11) is 2.90. The van der Waals surface area contributed by atoms with E-state index in [2.05, 4.69) is 15.0 Å². The van der Waals surface area contributed by atoms with Gasteiger partial charge in [-0.3, -0.25) is 9.59 Å². The van der Waals surface area contributed by atoms with Crippen LogP contribution in [0.5, 0.6) is 0 Å². The van der Waals surface area contributed by atoms with Gasteiger partial charge < -0.3 is 19.0 Å². The van der Waals surface area contributed by atoms with Crippen LogP contribution in [0.25, 0.3) is 11.1 Å². The molecule has 3 rings (SSSR count). The molecule has 0 saturated heterocycles. The number of carbonyl (C=O) groups is 2. The number of ether oxygens (including phenoxy) is 1. The van der Waals surface area contributed by atoms with Crippen LogP contribution in [0.2, 0.25) is 0 Å². The number of aryl methyl sites for hydroxylation is 2. The monoisotopic (exact) mass is 369 g/mol. The van der Waals surface area contributed by atoms with Crippen molar-refractivity contribution >= 4 is 23.0 Å². The molecule has 0 unspecified atom stereocenters. The molecule has 3 aromatic rings. The van der Waals surface area contributed by atoms with E-state index in [0.29, 0.717) is 24.3 Å². The lowest BCUT2D eigenvalue weighted by Crippen LogP contribution is -2.28. The van der Waals surface area contributed by atoms with Crippen LogP contribution in [0.3, 0.4) is 0 Å². The highest BCUT2D eigenvalue weighted by Gasteiger charge is 2.22. The van der Waals surface area contributed by atoms with Crippen molar-refractivity contribution < 1.29 is 18.7 Å². The van der Waals surface area contributed by atoms with Gasteiger partial charge in [0, 0.05) is 13.6 Å². The van der Waals surface area contributed by atoms with Crippen LogP contribution in [-0.4, -0.2) is 35.1 Å². The summed E-state index contributed by atoms with van der Waals surface area (Å²) in [5.41, 5.74) is 1.45. The van der Waals surface area contributed by atoms with E-state index in [1.807, 2.05) is 0 Å². The number of rotatable bonds is 5. The van der Waals surface area contributed by atoms with Crippen LogP contribution in [0.4, 0.5) is 0 Å². The topological polar surface area (TPSA) is 103 Å². The fourth-order valence-corrected chi connectivity index (χ4v) is 2.79. The van der Waals surface area contributed by atoms with Gasteiger partial charge >= 0.3 is 5.97 Å². The molecule has 140 valence electrons. The van der Waals surface area contributed by atoms with Gasteiger partial charge in [0.2, 0.25) is 5.71 Å². The Labute approximate surface area is 154 Å². The molecular weight excluding hydrogens is 350 g/mol. The molecule has 0 aliphatic heterocycles. The molecule has 0 bridgehead atoms. The minimum Gasteiger partial charge on any atom is -0.465 e. The molecular formula is C19H19N3O5. The molecule has 0 saturated carbocycles. The Balaban J connectivity index is 1.71. The Morgan fingerprint density at radius 3 is 2.63 bits per heavy atom. The van der Waals surface area contributed by atoms with Gasteiger partial charge in [-0.15, -0.1) is 0 Å². The second-order valence-electron chi connectivity index (χ2n) is 6.07. The van der Waals surface area contributed by atoms with Crippen molar-refractivity contribution in [1.82, 2.24) is 14.9 Å². The largest absolute Gasteiger partial charge is 0.465 e. The lowest BCUT2D eigenvalue weighted by atomic mass is 10.1. The molecule has 8 heteroatoms. The quantitative estimate of drug-likeness (QED) is 0.685. The van der Waals surface area contributed by atoms with E-state index in [4.69, 9.17) is 4.42 Å². The van der Waals surface area contributed by atoms with Crippen LogP contribution in [0.1, 0.15) is 32.0 Å². The van der Waals surface area contributed by atoms with Gasteiger partial charge in [-0.2, -0.15) is 0 Å². The first kappa shape index (κ1) is 18.4. The number of aromatic nitrogens is 2. The molecule has 8 nitrogen and oxygen atoms in total. The number of esters is 1. The summed E-state index contributed by atoms with van der Waals surface area (Å²) in [6.07, 6.45) is 1.92. The number of nitrogens with one attached hydrogen (secondary N) is 1. The van der Waals surface area contributed by atoms with Crippen molar-refractivity contribution in [3.63, 3.8) is 0 Å². The van der Waals surface area contributed by atoms with Crippen LogP contribution >= 0.6 is 0 Å². The zero-order valence-electron chi connectivity index (χ0n) is 15.2. The number of methoxy groups -OCH3 is 1. The van der Waals surface area contributed by atoms with Crippen LogP contribution in [0.15, 0.2) is 39.8 Å². The molecule has 0 radical (unpaired) electrons. The van der Waals surface area contributed by atoms with E-state index in [1.165, 1.54) is 18.0 Å². The third kappa shape index (κ3) is 3.59. The van der Waals surface area contributed by atoms with Gasteiger partial charge in [0.25, 0.3) is 11.5 Å². The van der Waals surface area contributed by atoms with Gasteiger partial charge in [0.05, 0.1) is 18.2 Å². The maximum absolute atomic E-state index is 12.6. The Kier molecular flexibility index (Phi) is 5.07. The van der Waals surface area contributed by atoms with Crippen LogP contribution < -0.4 is 10.9 Å². The first-order valence-corrected chi connectivity index (χ1v) is 8.32. The average Bonchev–Trinajstić information content (AvgIpc) is 3.01. The SMILES string of the molecule is COC(=O)c1ccc(CCNC(=O)c2c(C)oc3ncn(C)c(=O)c23)cc1. The molecule has 0 fully saturated rings. The highest BCUT2D eigenvalue weighted by atomic mass is 16.5. The zero-order valence-corrected chi connectivity index (χ0v) is 15.2. The third-order valence-electron chi connectivity index (χ3n) is 4.25. The Hall–Kier alpha value is -3.42. The van der Waals surface area contributed by atoms with Crippen LogP contribution in [-0.2, 0) is 18.2 Å². The lowest BCUT2D eigenvalue weighted by molar-refractivity contribution is 0.0600. The Morgan fingerprint density at radius 1 is 1.26 bits per heavy atom. The molecule has 0 aliphatic rings. The molecule has 0 aliphatic carbocycles. The van der Waals surface area contributed by atoms with Gasteiger partial charge in [0.15, 0.2) is 0 Å². The van der Waals surface area contributed by atoms with Gasteiger partial charge in [-0.25, -0.2) is 9.78 Å². The maximum Gasteiger partial charge on any atom is 0.337 e. The van der Waals surface area contributed by atoms with E-state index >= 15 is 0 Å². The fourth-order valence-electron chi connectivity index (χ4n) is 2.79. The molecule has 1 aromatic carbocycles. The number of benzene rings is 1. The van der Waals surface area contributed by atoms with Gasteiger partial charge in [-0.05, 0) is 31.0 Å². The summed E-state index contributed by atoms with van der Waals surface area (Å²) in [5, 5.41) is 2.97. The van der Waals surface area contributed by atoms with E-state index < -0.39 is 5.97 Å². The van der Waals surface area contributed by atoms with Crippen LogP contribution in [0, 0.1) is 6.92 Å². The number of hydrogen-bond donors (Lipinski definition) is 1. The standard InChI is InChI=1S/C19H19N3O5/c1-11-14(15-17(27-11)21-10-22(2)18(15)24)16(23)20-9-8-12-4-6-13(7-5-12)19(25)26-3/h4-7,10H,8-9H2,1-3H3,(H,20,23). The smallest absolute Gasteiger partial charge is 0.337 e. The van der Waals surface area contributed by atoms with E-state index in [0.717, 1.165) is 5.56 Å². The maximum atomic E-state index is 12.6. The third-order valence-corrected chi connectivity index (χ3v) is 4.25. The van der Waals surface area contributed by atoms with Gasteiger partial charge in [0.1, 0.15) is 17.5 Å². The van der Waals surface area contributed by atoms with Crippen molar-refractivity contribution in [3.05, 3.63) is 63.4 Å². The minimum atomic E-state index is -0.396. The van der Waals surface area contributed by atoms with Gasteiger partial charge in [-0.1, -0.05) is 12.1 Å². The number of carbonyl (C=O) groups excluding carboxylic acids is 2. The molecule has 2 aromatic heterocycles. The highest BCUT2D eigenvalue weighted by Crippen LogP contribution is 2.20. The summed E-state index contributed by atoms with van der Waals surface area (Å²) in [5.74, 6) is -0.435. The number of furan rings is 1. The predicted molar refractivity (Wildman–Crippen MR) is 97.8 cm³/mol. The van der Waals surface area contributed by atoms with Crippen molar-refractivity contribution in [3.8, 4) is 0 Å². The summed E-state index contributed by atoms with van der Waals surface area (Å²) in [4.78, 5) is 40.4. The number of amides is 1. The average molecular weight is 369 g/mol. The number of nitrogens with zero attached hydrogens (tertiary/aromatic N) is 2. The summed E-state index contributed by atoms with van der Waals surface area (Å²) in [6, 6.07) is 6.95. The molecule has 0 spiro atoms. The van der Waals surface area contributed by atoms with E-state index in [-0.39, 0.29) is 28.1 Å². The fraction of sp³-hybridized carbons (Fsp3) is 0.263. The molecule has 1 N–H and O–H groups in total. The minimum absolute atomic E-state index is 0.152. The van der Waals surface area contributed by atoms with E-state index in [9.17, 15) is 14.4 Å². The zero-order chi connectivity index (χ0) is 19.6. The van der Waals surface area contributed by atoms with E-state index in [1.54, 1.807) is 38.2 Å². The predicted octanol–water partition coefficient (Wildman–Crippen LogP) is 1.59. The summed E-state index contributed by atoms with van der Waals surface area (Å²) >= 11 is 0. The highest BCUT2D eigenvalue weighted by molar-refractivity contribution is 6.06. The van der Waals surface area contributed by atoms with Crippen molar-refractivity contribution in [2.24, 2.45) is 7.05 Å². The second-order valence-corrected chi connectivity index (χ2v) is 6.07. The number of hydrogen-bond acceptors (Lipinski definition) is 6. The summed E-state index contributed by atoms with van der Waals surface area (Å²) in [6.45, 7) is 1.99. The number of fused-ring (bicyclic) bond motifs is 1. The van der Waals surface area contributed by atoms with Crippen molar-refractivity contribution in [2.75, 3.05) is 13.7 Å². The lowest BCUT2D eigenvalue weighted by Gasteiger charge is -2.06. The normalized spacial score (nSPS) is 10.8. The molecule has 27 heavy (non-hydrogen) atoms. The molecule has 1 amide bonds. The van der Waals surface area contributed by atoms with Crippen molar-refractivity contribution in [1.29, 1.82) is 0 Å². The first-order valence-electron chi connectivity index (χ1n) is 8.32. The first-order chi connectivity index (χ1) is 12.9. The van der Waals surface area contributed by atoms with Crippen molar-refractivity contribution in [2.45, 2.75) is 13.3 Å².